The summed E-state index contributed by atoms with van der Waals surface area (Å²) in [6, 6.07) is 5.44. The van der Waals surface area contributed by atoms with E-state index < -0.39 is 5.97 Å². The molecule has 0 saturated heterocycles. The fraction of sp³-hybridized carbons (Fsp3) is 0.364. The molecule has 0 fully saturated rings. The largest absolute Gasteiger partial charge is 0.478 e. The van der Waals surface area contributed by atoms with E-state index in [1.807, 2.05) is 19.1 Å². The van der Waals surface area contributed by atoms with Crippen LogP contribution >= 0.6 is 0 Å². The van der Waals surface area contributed by atoms with Gasteiger partial charge in [-0.1, -0.05) is 12.1 Å². The molecule has 3 heteroatoms. The number of aromatic carboxylic acids is 1. The maximum Gasteiger partial charge on any atom is 0.335 e. The van der Waals surface area contributed by atoms with Crippen LogP contribution in [0.4, 0.5) is 0 Å². The molecule has 0 heterocycles. The van der Waals surface area contributed by atoms with Gasteiger partial charge in [-0.3, -0.25) is 0 Å². The smallest absolute Gasteiger partial charge is 0.335 e. The molecule has 3 N–H and O–H groups in total. The number of nitrogens with two attached hydrogens (primary N) is 1. The van der Waals surface area contributed by atoms with Crippen LogP contribution in [0.2, 0.25) is 0 Å². The third kappa shape index (κ3) is 2.57. The average molecular weight is 193 g/mol. The highest BCUT2D eigenvalue weighted by Crippen LogP contribution is 2.12. The molecule has 0 radical (unpaired) electrons. The molecular weight excluding hydrogens is 178 g/mol. The molecule has 14 heavy (non-hydrogen) atoms. The molecule has 0 saturated carbocycles. The summed E-state index contributed by atoms with van der Waals surface area (Å²) in [6.45, 7) is 3.73. The van der Waals surface area contributed by atoms with Gasteiger partial charge in [0, 0.05) is 6.04 Å². The third-order valence-corrected chi connectivity index (χ3v) is 2.08. The number of rotatable bonds is 3. The van der Waals surface area contributed by atoms with E-state index in [9.17, 15) is 4.79 Å². The van der Waals surface area contributed by atoms with E-state index in [-0.39, 0.29) is 6.04 Å². The molecule has 0 spiro atoms. The van der Waals surface area contributed by atoms with Crippen molar-refractivity contribution in [3.63, 3.8) is 0 Å². The quantitative estimate of drug-likeness (QED) is 0.766. The first-order valence-electron chi connectivity index (χ1n) is 4.59. The Bertz CT molecular complexity index is 345. The SMILES string of the molecule is Cc1cc(C[C@@H](C)N)ccc1C(=O)O. The van der Waals surface area contributed by atoms with Crippen LogP contribution in [0.3, 0.4) is 0 Å². The number of hydrogen-bond acceptors (Lipinski definition) is 2. The van der Waals surface area contributed by atoms with Crippen molar-refractivity contribution in [1.82, 2.24) is 0 Å². The van der Waals surface area contributed by atoms with Crippen LogP contribution in [0, 0.1) is 6.92 Å². The first-order valence-corrected chi connectivity index (χ1v) is 4.59. The van der Waals surface area contributed by atoms with Gasteiger partial charge in [0.1, 0.15) is 0 Å². The predicted octanol–water partition coefficient (Wildman–Crippen LogP) is 1.58. The molecule has 1 atom stereocenters. The lowest BCUT2D eigenvalue weighted by Gasteiger charge is -2.07. The molecule has 0 aliphatic heterocycles. The van der Waals surface area contributed by atoms with Gasteiger partial charge in [0.25, 0.3) is 0 Å². The molecule has 1 rings (SSSR count). The summed E-state index contributed by atoms with van der Waals surface area (Å²) in [4.78, 5) is 10.7. The van der Waals surface area contributed by atoms with E-state index in [1.165, 1.54) is 0 Å². The van der Waals surface area contributed by atoms with E-state index >= 15 is 0 Å². The first kappa shape index (κ1) is 10.7. The van der Waals surface area contributed by atoms with E-state index in [4.69, 9.17) is 10.8 Å². The number of aryl methyl sites for hydroxylation is 1. The van der Waals surface area contributed by atoms with Crippen LogP contribution in [-0.4, -0.2) is 17.1 Å². The van der Waals surface area contributed by atoms with Crippen molar-refractivity contribution in [3.05, 3.63) is 34.9 Å². The maximum absolute atomic E-state index is 10.7. The Kier molecular flexibility index (Phi) is 3.25. The number of benzene rings is 1. The Morgan fingerprint density at radius 3 is 2.64 bits per heavy atom. The van der Waals surface area contributed by atoms with Crippen LogP contribution in [0.15, 0.2) is 18.2 Å². The predicted molar refractivity (Wildman–Crippen MR) is 55.5 cm³/mol. The zero-order valence-corrected chi connectivity index (χ0v) is 8.45. The van der Waals surface area contributed by atoms with Gasteiger partial charge in [0.2, 0.25) is 0 Å². The lowest BCUT2D eigenvalue weighted by Crippen LogP contribution is -2.17. The van der Waals surface area contributed by atoms with Gasteiger partial charge >= 0.3 is 5.97 Å². The molecule has 0 aliphatic carbocycles. The molecular formula is C11H15NO2. The Balaban J connectivity index is 2.94. The highest BCUT2D eigenvalue weighted by atomic mass is 16.4. The Morgan fingerprint density at radius 2 is 2.21 bits per heavy atom. The van der Waals surface area contributed by atoms with E-state index in [2.05, 4.69) is 0 Å². The van der Waals surface area contributed by atoms with Gasteiger partial charge in [0.05, 0.1) is 5.56 Å². The highest BCUT2D eigenvalue weighted by Gasteiger charge is 2.07. The van der Waals surface area contributed by atoms with E-state index in [0.717, 1.165) is 17.5 Å². The Hall–Kier alpha value is -1.35. The van der Waals surface area contributed by atoms with Gasteiger partial charge < -0.3 is 10.8 Å². The highest BCUT2D eigenvalue weighted by molar-refractivity contribution is 5.89. The van der Waals surface area contributed by atoms with Crippen molar-refractivity contribution in [2.24, 2.45) is 5.73 Å². The van der Waals surface area contributed by atoms with Gasteiger partial charge in [-0.15, -0.1) is 0 Å². The molecule has 0 aliphatic rings. The number of hydrogen-bond donors (Lipinski definition) is 2. The molecule has 1 aromatic carbocycles. The fourth-order valence-corrected chi connectivity index (χ4v) is 1.46. The molecule has 0 unspecified atom stereocenters. The lowest BCUT2D eigenvalue weighted by molar-refractivity contribution is 0.0696. The summed E-state index contributed by atoms with van der Waals surface area (Å²) >= 11 is 0. The third-order valence-electron chi connectivity index (χ3n) is 2.08. The van der Waals surface area contributed by atoms with Crippen molar-refractivity contribution in [1.29, 1.82) is 0 Å². The fourth-order valence-electron chi connectivity index (χ4n) is 1.46. The molecule has 0 amide bonds. The number of carboxylic acids is 1. The van der Waals surface area contributed by atoms with Gasteiger partial charge in [-0.2, -0.15) is 0 Å². The van der Waals surface area contributed by atoms with E-state index in [0.29, 0.717) is 5.56 Å². The second-order valence-corrected chi connectivity index (χ2v) is 3.64. The topological polar surface area (TPSA) is 63.3 Å². The summed E-state index contributed by atoms with van der Waals surface area (Å²) < 4.78 is 0. The van der Waals surface area contributed by atoms with E-state index in [1.54, 1.807) is 13.0 Å². The molecule has 0 aromatic heterocycles. The maximum atomic E-state index is 10.7. The first-order chi connectivity index (χ1) is 6.50. The molecule has 0 bridgehead atoms. The van der Waals surface area contributed by atoms with Crippen LogP contribution in [-0.2, 0) is 6.42 Å². The van der Waals surface area contributed by atoms with Crippen molar-refractivity contribution in [2.45, 2.75) is 26.3 Å². The van der Waals surface area contributed by atoms with Crippen LogP contribution in [0.1, 0.15) is 28.4 Å². The summed E-state index contributed by atoms with van der Waals surface area (Å²) in [5, 5.41) is 8.81. The van der Waals surface area contributed by atoms with Crippen LogP contribution in [0.5, 0.6) is 0 Å². The Labute approximate surface area is 83.6 Å². The molecule has 76 valence electrons. The van der Waals surface area contributed by atoms with Crippen molar-refractivity contribution < 1.29 is 9.90 Å². The molecule has 3 nitrogen and oxygen atoms in total. The summed E-state index contributed by atoms with van der Waals surface area (Å²) in [5.41, 5.74) is 7.89. The monoisotopic (exact) mass is 193 g/mol. The van der Waals surface area contributed by atoms with Gasteiger partial charge in [0.15, 0.2) is 0 Å². The van der Waals surface area contributed by atoms with Crippen LogP contribution in [0.25, 0.3) is 0 Å². The average Bonchev–Trinajstić information content (AvgIpc) is 2.01. The number of carbonyl (C=O) groups is 1. The lowest BCUT2D eigenvalue weighted by atomic mass is 10.0. The zero-order valence-electron chi connectivity index (χ0n) is 8.45. The second-order valence-electron chi connectivity index (χ2n) is 3.64. The minimum atomic E-state index is -0.880. The minimum Gasteiger partial charge on any atom is -0.478 e. The summed E-state index contributed by atoms with van der Waals surface area (Å²) in [7, 11) is 0. The minimum absolute atomic E-state index is 0.102. The summed E-state index contributed by atoms with van der Waals surface area (Å²) in [6.07, 6.45) is 0.779. The van der Waals surface area contributed by atoms with Crippen molar-refractivity contribution >= 4 is 5.97 Å². The standard InChI is InChI=1S/C11H15NO2/c1-7-5-9(6-8(2)12)3-4-10(7)11(13)14/h3-5,8H,6,12H2,1-2H3,(H,13,14)/t8-/m1/s1. The zero-order chi connectivity index (χ0) is 10.7. The van der Waals surface area contributed by atoms with Crippen LogP contribution < -0.4 is 5.73 Å². The van der Waals surface area contributed by atoms with Crippen molar-refractivity contribution in [3.8, 4) is 0 Å². The van der Waals surface area contributed by atoms with Gasteiger partial charge in [-0.25, -0.2) is 4.79 Å². The normalized spacial score (nSPS) is 12.5. The second kappa shape index (κ2) is 4.24. The number of carboxylic acid groups (broad SMARTS) is 1. The summed E-state index contributed by atoms with van der Waals surface area (Å²) in [5.74, 6) is -0.880. The van der Waals surface area contributed by atoms with Gasteiger partial charge in [-0.05, 0) is 37.5 Å². The Morgan fingerprint density at radius 1 is 1.57 bits per heavy atom. The molecule has 1 aromatic rings. The van der Waals surface area contributed by atoms with Crippen molar-refractivity contribution in [2.75, 3.05) is 0 Å².